The number of ether oxygens (including phenoxy) is 1. The van der Waals surface area contributed by atoms with Gasteiger partial charge in [-0.2, -0.15) is 0 Å². The molecule has 7 nitrogen and oxygen atoms in total. The Labute approximate surface area is 170 Å². The number of hydrogen-bond acceptors (Lipinski definition) is 4. The number of likely N-dealkylation sites (N-methyl/N-ethyl adjacent to an activating group) is 1. The molecule has 152 valence electrons. The summed E-state index contributed by atoms with van der Waals surface area (Å²) in [6, 6.07) is 15.9. The number of methoxy groups -OCH3 is 1. The Morgan fingerprint density at radius 2 is 1.76 bits per heavy atom. The molecule has 29 heavy (non-hydrogen) atoms. The first kappa shape index (κ1) is 20.4. The van der Waals surface area contributed by atoms with E-state index in [1.807, 2.05) is 37.3 Å². The summed E-state index contributed by atoms with van der Waals surface area (Å²) in [5.74, 6) is -0.0729. The second-order valence-corrected chi connectivity index (χ2v) is 7.07. The standard InChI is InChI=1S/C22H25N3O4/c1-4-24(14-16-8-6-5-7-9-16)19(26)15-25-20(27)22(2,23-21(25)28)17-10-12-18(29-3)13-11-17/h5-13H,4,14-15H2,1-3H3,(H,23,28). The summed E-state index contributed by atoms with van der Waals surface area (Å²) in [5, 5.41) is 2.72. The molecule has 0 spiro atoms. The maximum atomic E-state index is 13.0. The Hall–Kier alpha value is -3.35. The highest BCUT2D eigenvalue weighted by molar-refractivity contribution is 6.09. The van der Waals surface area contributed by atoms with Crippen molar-refractivity contribution in [3.05, 3.63) is 65.7 Å². The van der Waals surface area contributed by atoms with E-state index in [1.165, 1.54) is 0 Å². The molecule has 0 aliphatic carbocycles. The molecule has 1 heterocycles. The van der Waals surface area contributed by atoms with Gasteiger partial charge in [-0.1, -0.05) is 42.5 Å². The fraction of sp³-hybridized carbons (Fsp3) is 0.318. The second-order valence-electron chi connectivity index (χ2n) is 7.07. The van der Waals surface area contributed by atoms with E-state index in [0.717, 1.165) is 10.5 Å². The monoisotopic (exact) mass is 395 g/mol. The van der Waals surface area contributed by atoms with Gasteiger partial charge in [0.25, 0.3) is 5.91 Å². The first-order valence-corrected chi connectivity index (χ1v) is 9.49. The molecule has 1 aliphatic rings. The minimum Gasteiger partial charge on any atom is -0.497 e. The van der Waals surface area contributed by atoms with Gasteiger partial charge in [-0.15, -0.1) is 0 Å². The van der Waals surface area contributed by atoms with Crippen molar-refractivity contribution >= 4 is 17.8 Å². The number of rotatable bonds is 7. The molecule has 2 aromatic carbocycles. The number of carbonyl (C=O) groups is 3. The van der Waals surface area contributed by atoms with Crippen molar-refractivity contribution in [1.82, 2.24) is 15.1 Å². The third kappa shape index (κ3) is 4.08. The molecular weight excluding hydrogens is 370 g/mol. The topological polar surface area (TPSA) is 79.0 Å². The molecule has 0 saturated carbocycles. The Morgan fingerprint density at radius 3 is 2.34 bits per heavy atom. The van der Waals surface area contributed by atoms with Crippen LogP contribution in [0, 0.1) is 0 Å². The first-order chi connectivity index (χ1) is 13.9. The largest absolute Gasteiger partial charge is 0.497 e. The predicted octanol–water partition coefficient (Wildman–Crippen LogP) is 2.51. The van der Waals surface area contributed by atoms with Gasteiger partial charge in [-0.05, 0) is 37.1 Å². The zero-order valence-corrected chi connectivity index (χ0v) is 16.8. The fourth-order valence-electron chi connectivity index (χ4n) is 3.38. The number of hydrogen-bond donors (Lipinski definition) is 1. The van der Waals surface area contributed by atoms with Crippen molar-refractivity contribution in [2.24, 2.45) is 0 Å². The molecule has 0 aromatic heterocycles. The summed E-state index contributed by atoms with van der Waals surface area (Å²) in [6.45, 7) is 4.12. The van der Waals surface area contributed by atoms with Crippen LogP contribution in [0.1, 0.15) is 25.0 Å². The van der Waals surface area contributed by atoms with Gasteiger partial charge < -0.3 is 15.0 Å². The molecule has 1 N–H and O–H groups in total. The molecule has 0 radical (unpaired) electrons. The Bertz CT molecular complexity index is 898. The molecule has 1 fully saturated rings. The number of carbonyl (C=O) groups excluding carboxylic acids is 3. The Kier molecular flexibility index (Phi) is 5.87. The van der Waals surface area contributed by atoms with Crippen LogP contribution in [0.5, 0.6) is 5.75 Å². The van der Waals surface area contributed by atoms with E-state index in [-0.39, 0.29) is 12.5 Å². The number of amides is 4. The maximum Gasteiger partial charge on any atom is 0.325 e. The van der Waals surface area contributed by atoms with E-state index in [9.17, 15) is 14.4 Å². The third-order valence-corrected chi connectivity index (χ3v) is 5.19. The Morgan fingerprint density at radius 1 is 1.10 bits per heavy atom. The number of urea groups is 1. The highest BCUT2D eigenvalue weighted by atomic mass is 16.5. The molecule has 4 amide bonds. The maximum absolute atomic E-state index is 13.0. The van der Waals surface area contributed by atoms with Crippen molar-refractivity contribution in [2.45, 2.75) is 25.9 Å². The molecule has 2 aromatic rings. The molecule has 3 rings (SSSR count). The van der Waals surface area contributed by atoms with Crippen LogP contribution in [0.3, 0.4) is 0 Å². The lowest BCUT2D eigenvalue weighted by molar-refractivity contribution is -0.139. The molecule has 0 bridgehead atoms. The zero-order chi connectivity index (χ0) is 21.0. The average Bonchev–Trinajstić information content (AvgIpc) is 2.96. The Balaban J connectivity index is 1.74. The fourth-order valence-corrected chi connectivity index (χ4v) is 3.38. The highest BCUT2D eigenvalue weighted by Gasteiger charge is 2.49. The van der Waals surface area contributed by atoms with E-state index < -0.39 is 17.5 Å². The van der Waals surface area contributed by atoms with Crippen LogP contribution in [-0.4, -0.2) is 47.8 Å². The van der Waals surface area contributed by atoms with Crippen LogP contribution in [0.4, 0.5) is 4.79 Å². The van der Waals surface area contributed by atoms with E-state index in [4.69, 9.17) is 4.74 Å². The van der Waals surface area contributed by atoms with Gasteiger partial charge in [0.05, 0.1) is 7.11 Å². The van der Waals surface area contributed by atoms with Gasteiger partial charge in [0.2, 0.25) is 5.91 Å². The van der Waals surface area contributed by atoms with Crippen LogP contribution in [0.2, 0.25) is 0 Å². The van der Waals surface area contributed by atoms with Gasteiger partial charge in [-0.25, -0.2) is 4.79 Å². The van der Waals surface area contributed by atoms with Crippen molar-refractivity contribution in [3.8, 4) is 5.75 Å². The first-order valence-electron chi connectivity index (χ1n) is 9.49. The lowest BCUT2D eigenvalue weighted by Gasteiger charge is -2.25. The molecular formula is C22H25N3O4. The van der Waals surface area contributed by atoms with Crippen molar-refractivity contribution in [2.75, 3.05) is 20.2 Å². The zero-order valence-electron chi connectivity index (χ0n) is 16.8. The summed E-state index contributed by atoms with van der Waals surface area (Å²) >= 11 is 0. The summed E-state index contributed by atoms with van der Waals surface area (Å²) < 4.78 is 5.14. The van der Waals surface area contributed by atoms with Gasteiger partial charge in [-0.3, -0.25) is 14.5 Å². The van der Waals surface area contributed by atoms with Crippen LogP contribution < -0.4 is 10.1 Å². The summed E-state index contributed by atoms with van der Waals surface area (Å²) in [7, 11) is 1.56. The summed E-state index contributed by atoms with van der Waals surface area (Å²) in [4.78, 5) is 40.9. The SMILES string of the molecule is CCN(Cc1ccccc1)C(=O)CN1C(=O)NC(C)(c2ccc(OC)cc2)C1=O. The van der Waals surface area contributed by atoms with E-state index in [0.29, 0.717) is 24.4 Å². The summed E-state index contributed by atoms with van der Waals surface area (Å²) in [6.07, 6.45) is 0. The van der Waals surface area contributed by atoms with E-state index >= 15 is 0 Å². The lowest BCUT2D eigenvalue weighted by Crippen LogP contribution is -2.44. The van der Waals surface area contributed by atoms with Crippen LogP contribution >= 0.6 is 0 Å². The average molecular weight is 395 g/mol. The van der Waals surface area contributed by atoms with E-state index in [2.05, 4.69) is 5.32 Å². The van der Waals surface area contributed by atoms with Gasteiger partial charge in [0.15, 0.2) is 0 Å². The van der Waals surface area contributed by atoms with Gasteiger partial charge >= 0.3 is 6.03 Å². The van der Waals surface area contributed by atoms with Crippen LogP contribution in [0.15, 0.2) is 54.6 Å². The molecule has 1 unspecified atom stereocenters. The second kappa shape index (κ2) is 8.34. The molecule has 1 aliphatic heterocycles. The lowest BCUT2D eigenvalue weighted by atomic mass is 9.92. The normalized spacial score (nSPS) is 18.5. The summed E-state index contributed by atoms with van der Waals surface area (Å²) in [5.41, 5.74) is 0.395. The number of nitrogens with zero attached hydrogens (tertiary/aromatic N) is 2. The number of nitrogens with one attached hydrogen (secondary N) is 1. The molecule has 1 saturated heterocycles. The van der Waals surface area contributed by atoms with E-state index in [1.54, 1.807) is 43.2 Å². The highest BCUT2D eigenvalue weighted by Crippen LogP contribution is 2.30. The van der Waals surface area contributed by atoms with Crippen LogP contribution in [0.25, 0.3) is 0 Å². The smallest absolute Gasteiger partial charge is 0.325 e. The van der Waals surface area contributed by atoms with Crippen LogP contribution in [-0.2, 0) is 21.7 Å². The van der Waals surface area contributed by atoms with Gasteiger partial charge in [0, 0.05) is 13.1 Å². The molecule has 7 heteroatoms. The van der Waals surface area contributed by atoms with Crippen molar-refractivity contribution in [1.29, 1.82) is 0 Å². The number of benzene rings is 2. The van der Waals surface area contributed by atoms with Crippen molar-refractivity contribution in [3.63, 3.8) is 0 Å². The third-order valence-electron chi connectivity index (χ3n) is 5.19. The van der Waals surface area contributed by atoms with Gasteiger partial charge in [0.1, 0.15) is 17.8 Å². The molecule has 1 atom stereocenters. The van der Waals surface area contributed by atoms with Crippen molar-refractivity contribution < 1.29 is 19.1 Å². The number of imide groups is 1. The quantitative estimate of drug-likeness (QED) is 0.731. The minimum atomic E-state index is -1.22. The predicted molar refractivity (Wildman–Crippen MR) is 108 cm³/mol. The minimum absolute atomic E-state index is 0.279.